The van der Waals surface area contributed by atoms with Gasteiger partial charge < -0.3 is 10.6 Å². The van der Waals surface area contributed by atoms with Gasteiger partial charge in [0.1, 0.15) is 0 Å². The fourth-order valence-corrected chi connectivity index (χ4v) is 2.90. The van der Waals surface area contributed by atoms with Gasteiger partial charge >= 0.3 is 0 Å². The van der Waals surface area contributed by atoms with Crippen LogP contribution >= 0.6 is 15.9 Å². The normalized spacial score (nSPS) is 11.6. The zero-order valence-electron chi connectivity index (χ0n) is 14.5. The lowest BCUT2D eigenvalue weighted by Crippen LogP contribution is -2.29. The van der Waals surface area contributed by atoms with Crippen molar-refractivity contribution in [3.8, 4) is 0 Å². The molecule has 0 radical (unpaired) electrons. The summed E-state index contributed by atoms with van der Waals surface area (Å²) in [6.07, 6.45) is 2.30. The Hall–Kier alpha value is -2.14. The number of aryl methyl sites for hydroxylation is 1. The first-order valence-corrected chi connectivity index (χ1v) is 9.18. The minimum absolute atomic E-state index is 0.134. The Labute approximate surface area is 157 Å². The van der Waals surface area contributed by atoms with Gasteiger partial charge in [0.05, 0.1) is 12.5 Å². The average Bonchev–Trinajstić information content (AvgIpc) is 2.56. The Morgan fingerprint density at radius 3 is 2.24 bits per heavy atom. The molecule has 2 rings (SSSR count). The summed E-state index contributed by atoms with van der Waals surface area (Å²) in [5.41, 5.74) is 2.92. The van der Waals surface area contributed by atoms with E-state index in [1.807, 2.05) is 48.5 Å². The van der Waals surface area contributed by atoms with Crippen molar-refractivity contribution in [3.63, 3.8) is 0 Å². The van der Waals surface area contributed by atoms with E-state index in [2.05, 4.69) is 33.5 Å². The van der Waals surface area contributed by atoms with Crippen LogP contribution in [0.25, 0.3) is 0 Å². The Bertz CT molecular complexity index is 711. The molecular formula is C20H23BrN2O2. The molecule has 25 heavy (non-hydrogen) atoms. The minimum atomic E-state index is -0.357. The van der Waals surface area contributed by atoms with Gasteiger partial charge in [-0.15, -0.1) is 0 Å². The second kappa shape index (κ2) is 9.37. The van der Waals surface area contributed by atoms with Gasteiger partial charge in [-0.25, -0.2) is 0 Å². The van der Waals surface area contributed by atoms with Crippen LogP contribution in [0.5, 0.6) is 0 Å². The van der Waals surface area contributed by atoms with E-state index in [4.69, 9.17) is 0 Å². The van der Waals surface area contributed by atoms with Crippen molar-refractivity contribution in [2.75, 3.05) is 5.32 Å². The summed E-state index contributed by atoms with van der Waals surface area (Å²) in [5.74, 6) is -0.297. The molecule has 0 bridgehead atoms. The number of carbonyl (C=O) groups excluding carboxylic acids is 2. The molecular weight excluding hydrogens is 380 g/mol. The van der Waals surface area contributed by atoms with E-state index in [1.165, 1.54) is 12.5 Å². The fraction of sp³-hybridized carbons (Fsp3) is 0.300. The molecule has 0 aliphatic rings. The third-order valence-corrected chi connectivity index (χ3v) is 4.34. The zero-order valence-corrected chi connectivity index (χ0v) is 16.1. The third kappa shape index (κ3) is 6.35. The Kier molecular flexibility index (Phi) is 7.19. The monoisotopic (exact) mass is 402 g/mol. The van der Waals surface area contributed by atoms with Crippen molar-refractivity contribution in [2.24, 2.45) is 0 Å². The van der Waals surface area contributed by atoms with E-state index in [-0.39, 0.29) is 24.3 Å². The molecule has 0 aliphatic carbocycles. The first-order valence-electron chi connectivity index (χ1n) is 8.39. The molecule has 0 spiro atoms. The number of hydrogen-bond donors (Lipinski definition) is 2. The van der Waals surface area contributed by atoms with Crippen LogP contribution in [0.15, 0.2) is 53.0 Å². The van der Waals surface area contributed by atoms with Crippen LogP contribution in [0.4, 0.5) is 5.69 Å². The molecule has 0 aromatic heterocycles. The van der Waals surface area contributed by atoms with Crippen LogP contribution in [-0.4, -0.2) is 11.8 Å². The standard InChI is InChI=1S/C20H23BrN2O2/c1-3-4-15-5-11-18(12-6-15)23-20(25)13-19(22-14(2)24)16-7-9-17(21)10-8-16/h5-12,19H,3-4,13H2,1-2H3,(H,22,24)(H,23,25). The maximum Gasteiger partial charge on any atom is 0.226 e. The van der Waals surface area contributed by atoms with Crippen LogP contribution in [0.3, 0.4) is 0 Å². The smallest absolute Gasteiger partial charge is 0.226 e. The molecule has 2 aromatic rings. The Morgan fingerprint density at radius 1 is 1.04 bits per heavy atom. The fourth-order valence-electron chi connectivity index (χ4n) is 2.63. The van der Waals surface area contributed by atoms with Gasteiger partial charge in [0, 0.05) is 17.1 Å². The number of carbonyl (C=O) groups is 2. The number of anilines is 1. The second-order valence-electron chi connectivity index (χ2n) is 6.00. The molecule has 0 aliphatic heterocycles. The van der Waals surface area contributed by atoms with Crippen molar-refractivity contribution >= 4 is 33.4 Å². The first kappa shape index (κ1) is 19.2. The predicted octanol–water partition coefficient (Wildman–Crippen LogP) is 4.61. The van der Waals surface area contributed by atoms with Crippen LogP contribution < -0.4 is 10.6 Å². The van der Waals surface area contributed by atoms with E-state index in [0.717, 1.165) is 28.6 Å². The topological polar surface area (TPSA) is 58.2 Å². The van der Waals surface area contributed by atoms with Gasteiger partial charge in [-0.2, -0.15) is 0 Å². The molecule has 5 heteroatoms. The van der Waals surface area contributed by atoms with Gasteiger partial charge in [0.25, 0.3) is 0 Å². The van der Waals surface area contributed by atoms with Crippen molar-refractivity contribution in [1.82, 2.24) is 5.32 Å². The second-order valence-corrected chi connectivity index (χ2v) is 6.92. The zero-order chi connectivity index (χ0) is 18.2. The highest BCUT2D eigenvalue weighted by Gasteiger charge is 2.17. The number of rotatable bonds is 7. The average molecular weight is 403 g/mol. The van der Waals surface area contributed by atoms with E-state index in [1.54, 1.807) is 0 Å². The van der Waals surface area contributed by atoms with Crippen molar-refractivity contribution < 1.29 is 9.59 Å². The summed E-state index contributed by atoms with van der Waals surface area (Å²) in [4.78, 5) is 23.9. The molecule has 132 valence electrons. The summed E-state index contributed by atoms with van der Waals surface area (Å²) in [5, 5.41) is 5.74. The van der Waals surface area contributed by atoms with Crippen molar-refractivity contribution in [3.05, 3.63) is 64.1 Å². The number of halogens is 1. The van der Waals surface area contributed by atoms with E-state index in [0.29, 0.717) is 0 Å². The lowest BCUT2D eigenvalue weighted by atomic mass is 10.0. The number of nitrogens with one attached hydrogen (secondary N) is 2. The van der Waals surface area contributed by atoms with Crippen LogP contribution in [0.2, 0.25) is 0 Å². The Balaban J connectivity index is 2.03. The molecule has 1 atom stereocenters. The highest BCUT2D eigenvalue weighted by molar-refractivity contribution is 9.10. The first-order chi connectivity index (χ1) is 12.0. The lowest BCUT2D eigenvalue weighted by Gasteiger charge is -2.18. The summed E-state index contributed by atoms with van der Waals surface area (Å²) < 4.78 is 0.953. The Morgan fingerprint density at radius 2 is 1.68 bits per heavy atom. The minimum Gasteiger partial charge on any atom is -0.349 e. The molecule has 2 amide bonds. The van der Waals surface area contributed by atoms with Crippen molar-refractivity contribution in [2.45, 2.75) is 39.2 Å². The maximum atomic E-state index is 12.4. The summed E-state index contributed by atoms with van der Waals surface area (Å²) >= 11 is 3.39. The SMILES string of the molecule is CCCc1ccc(NC(=O)CC(NC(C)=O)c2ccc(Br)cc2)cc1. The number of benzene rings is 2. The van der Waals surface area contributed by atoms with Gasteiger partial charge in [-0.05, 0) is 41.8 Å². The van der Waals surface area contributed by atoms with Gasteiger partial charge in [-0.1, -0.05) is 53.5 Å². The molecule has 0 saturated carbocycles. The quantitative estimate of drug-likeness (QED) is 0.710. The summed E-state index contributed by atoms with van der Waals surface area (Å²) in [6, 6.07) is 15.1. The van der Waals surface area contributed by atoms with E-state index < -0.39 is 0 Å². The van der Waals surface area contributed by atoms with E-state index >= 15 is 0 Å². The third-order valence-electron chi connectivity index (χ3n) is 3.82. The molecule has 4 nitrogen and oxygen atoms in total. The van der Waals surface area contributed by atoms with Crippen molar-refractivity contribution in [1.29, 1.82) is 0 Å². The van der Waals surface area contributed by atoms with Gasteiger partial charge in [-0.3, -0.25) is 9.59 Å². The highest BCUT2D eigenvalue weighted by atomic mass is 79.9. The van der Waals surface area contributed by atoms with Crippen LogP contribution in [0, 0.1) is 0 Å². The molecule has 0 heterocycles. The summed E-state index contributed by atoms with van der Waals surface area (Å²) in [7, 11) is 0. The van der Waals surface area contributed by atoms with Crippen LogP contribution in [-0.2, 0) is 16.0 Å². The molecule has 2 aromatic carbocycles. The molecule has 0 fully saturated rings. The molecule has 2 N–H and O–H groups in total. The number of amides is 2. The predicted molar refractivity (Wildman–Crippen MR) is 104 cm³/mol. The van der Waals surface area contributed by atoms with Gasteiger partial charge in [0.2, 0.25) is 11.8 Å². The maximum absolute atomic E-state index is 12.4. The largest absolute Gasteiger partial charge is 0.349 e. The van der Waals surface area contributed by atoms with Gasteiger partial charge in [0.15, 0.2) is 0 Å². The molecule has 1 unspecified atom stereocenters. The lowest BCUT2D eigenvalue weighted by molar-refractivity contribution is -0.120. The van der Waals surface area contributed by atoms with E-state index in [9.17, 15) is 9.59 Å². The summed E-state index contributed by atoms with van der Waals surface area (Å²) in [6.45, 7) is 3.59. The highest BCUT2D eigenvalue weighted by Crippen LogP contribution is 2.21. The van der Waals surface area contributed by atoms with Crippen LogP contribution in [0.1, 0.15) is 43.9 Å². The number of hydrogen-bond acceptors (Lipinski definition) is 2. The molecule has 0 saturated heterocycles.